The van der Waals surface area contributed by atoms with Gasteiger partial charge in [0.1, 0.15) is 5.75 Å². The summed E-state index contributed by atoms with van der Waals surface area (Å²) in [5.41, 5.74) is 0. The van der Waals surface area contributed by atoms with E-state index in [1.165, 1.54) is 51.4 Å². The summed E-state index contributed by atoms with van der Waals surface area (Å²) in [6, 6.07) is 10.3. The van der Waals surface area contributed by atoms with E-state index in [1.807, 2.05) is 12.1 Å². The lowest BCUT2D eigenvalue weighted by Gasteiger charge is -2.14. The van der Waals surface area contributed by atoms with Crippen molar-refractivity contribution < 1.29 is 14.2 Å². The quantitative estimate of drug-likeness (QED) is 0.148. The van der Waals surface area contributed by atoms with Crippen LogP contribution in [-0.2, 0) is 0 Å². The van der Waals surface area contributed by atoms with E-state index in [4.69, 9.17) is 37.4 Å². The van der Waals surface area contributed by atoms with Gasteiger partial charge in [-0.3, -0.25) is 0 Å². The van der Waals surface area contributed by atoms with Crippen LogP contribution in [0.15, 0.2) is 30.3 Å². The predicted octanol–water partition coefficient (Wildman–Crippen LogP) is 8.76. The lowest BCUT2D eigenvalue weighted by Crippen LogP contribution is -2.00. The average Bonchev–Trinajstić information content (AvgIpc) is 2.82. The first-order valence-electron chi connectivity index (χ1n) is 12.3. The maximum atomic E-state index is 6.04. The Kier molecular flexibility index (Phi) is 14.5. The highest BCUT2D eigenvalue weighted by molar-refractivity contribution is 6.18. The topological polar surface area (TPSA) is 27.7 Å². The van der Waals surface area contributed by atoms with Crippen LogP contribution in [0.3, 0.4) is 0 Å². The highest BCUT2D eigenvalue weighted by Crippen LogP contribution is 2.37. The molecule has 0 atom stereocenters. The van der Waals surface area contributed by atoms with Crippen molar-refractivity contribution in [2.24, 2.45) is 0 Å². The highest BCUT2D eigenvalue weighted by atomic mass is 35.5. The number of unbranched alkanes of at least 4 members (excludes halogenated alkanes) is 10. The number of alkyl halides is 2. The second kappa shape index (κ2) is 17.2. The number of hydrogen-bond acceptors (Lipinski definition) is 3. The van der Waals surface area contributed by atoms with Gasteiger partial charge in [0.2, 0.25) is 0 Å². The minimum Gasteiger partial charge on any atom is -0.494 e. The summed E-state index contributed by atoms with van der Waals surface area (Å²) >= 11 is 11.4. The Bertz CT molecular complexity index is 751. The molecule has 0 saturated carbocycles. The van der Waals surface area contributed by atoms with Crippen molar-refractivity contribution >= 4 is 34.0 Å². The monoisotopic (exact) mass is 482 g/mol. The maximum Gasteiger partial charge on any atom is 0.168 e. The summed E-state index contributed by atoms with van der Waals surface area (Å²) in [6.45, 7) is 1.47. The van der Waals surface area contributed by atoms with Crippen LogP contribution in [0.5, 0.6) is 17.2 Å². The fraction of sp³-hybridized carbons (Fsp3) is 0.630. The van der Waals surface area contributed by atoms with Gasteiger partial charge >= 0.3 is 0 Å². The molecule has 0 spiro atoms. The minimum atomic E-state index is 0.713. The van der Waals surface area contributed by atoms with E-state index in [0.717, 1.165) is 72.1 Å². The van der Waals surface area contributed by atoms with Crippen molar-refractivity contribution in [1.82, 2.24) is 0 Å². The lowest BCUT2D eigenvalue weighted by atomic mass is 10.1. The molecule has 0 saturated heterocycles. The lowest BCUT2D eigenvalue weighted by molar-refractivity contribution is 0.286. The summed E-state index contributed by atoms with van der Waals surface area (Å²) in [5.74, 6) is 4.07. The number of hydrogen-bond donors (Lipinski definition) is 0. The molecule has 0 N–H and O–H groups in total. The molecule has 0 fully saturated rings. The van der Waals surface area contributed by atoms with Crippen LogP contribution >= 0.6 is 23.2 Å². The molecule has 0 radical (unpaired) electrons. The Morgan fingerprint density at radius 3 is 1.78 bits per heavy atom. The highest BCUT2D eigenvalue weighted by Gasteiger charge is 2.10. The first-order valence-corrected chi connectivity index (χ1v) is 13.4. The van der Waals surface area contributed by atoms with Gasteiger partial charge in [-0.1, -0.05) is 57.4 Å². The Morgan fingerprint density at radius 1 is 0.625 bits per heavy atom. The van der Waals surface area contributed by atoms with Gasteiger partial charge in [-0.25, -0.2) is 0 Å². The second-order valence-electron chi connectivity index (χ2n) is 8.30. The Hall–Kier alpha value is -1.32. The maximum absolute atomic E-state index is 6.04. The zero-order valence-corrected chi connectivity index (χ0v) is 21.2. The molecule has 2 aromatic carbocycles. The Balaban J connectivity index is 1.77. The standard InChI is InChI=1S/C27H40Cl2O3/c1-30-27-25-16-15-24(31-20-12-8-4-2-6-10-18-28)22-23(25)14-17-26(27)32-21-13-9-5-3-7-11-19-29/h14-17,22H,2-13,18-21H2,1H3. The third kappa shape index (κ3) is 10.1. The number of rotatable bonds is 19. The molecular formula is C27H40Cl2O3. The molecule has 180 valence electrons. The fourth-order valence-corrected chi connectivity index (χ4v) is 4.23. The van der Waals surface area contributed by atoms with Crippen LogP contribution in [0.2, 0.25) is 0 Å². The molecule has 32 heavy (non-hydrogen) atoms. The number of benzene rings is 2. The van der Waals surface area contributed by atoms with Crippen LogP contribution in [0.25, 0.3) is 10.8 Å². The molecule has 0 unspecified atom stereocenters. The van der Waals surface area contributed by atoms with Crippen LogP contribution in [0.4, 0.5) is 0 Å². The van der Waals surface area contributed by atoms with Gasteiger partial charge in [0.15, 0.2) is 11.5 Å². The Labute approximate surface area is 204 Å². The Morgan fingerprint density at radius 2 is 1.19 bits per heavy atom. The van der Waals surface area contributed by atoms with Crippen molar-refractivity contribution in [2.75, 3.05) is 32.1 Å². The summed E-state index contributed by atoms with van der Waals surface area (Å²) in [4.78, 5) is 0. The molecule has 3 nitrogen and oxygen atoms in total. The molecule has 0 bridgehead atoms. The van der Waals surface area contributed by atoms with E-state index >= 15 is 0 Å². The van der Waals surface area contributed by atoms with Crippen molar-refractivity contribution in [3.8, 4) is 17.2 Å². The van der Waals surface area contributed by atoms with Crippen molar-refractivity contribution in [1.29, 1.82) is 0 Å². The van der Waals surface area contributed by atoms with E-state index in [0.29, 0.717) is 6.61 Å². The molecule has 0 aliphatic heterocycles. The second-order valence-corrected chi connectivity index (χ2v) is 9.05. The third-order valence-electron chi connectivity index (χ3n) is 5.69. The van der Waals surface area contributed by atoms with E-state index in [9.17, 15) is 0 Å². The van der Waals surface area contributed by atoms with Crippen LogP contribution < -0.4 is 14.2 Å². The molecule has 0 aromatic heterocycles. The molecule has 2 rings (SSSR count). The average molecular weight is 484 g/mol. The van der Waals surface area contributed by atoms with Crippen LogP contribution in [-0.4, -0.2) is 32.1 Å². The predicted molar refractivity (Wildman–Crippen MR) is 138 cm³/mol. The van der Waals surface area contributed by atoms with E-state index in [-0.39, 0.29) is 0 Å². The smallest absolute Gasteiger partial charge is 0.168 e. The molecule has 0 heterocycles. The summed E-state index contributed by atoms with van der Waals surface area (Å²) in [5, 5.41) is 2.16. The van der Waals surface area contributed by atoms with Gasteiger partial charge in [-0.2, -0.15) is 0 Å². The van der Waals surface area contributed by atoms with Gasteiger partial charge in [0, 0.05) is 17.1 Å². The number of halogens is 2. The van der Waals surface area contributed by atoms with Crippen LogP contribution in [0.1, 0.15) is 77.0 Å². The largest absolute Gasteiger partial charge is 0.494 e. The first kappa shape index (κ1) is 26.9. The number of fused-ring (bicyclic) bond motifs is 1. The fourth-order valence-electron chi connectivity index (χ4n) is 3.85. The molecule has 5 heteroatoms. The molecule has 0 aliphatic rings. The normalized spacial score (nSPS) is 11.1. The number of ether oxygens (including phenoxy) is 3. The van der Waals surface area contributed by atoms with Crippen molar-refractivity contribution in [3.05, 3.63) is 30.3 Å². The van der Waals surface area contributed by atoms with E-state index in [2.05, 4.69) is 18.2 Å². The first-order chi connectivity index (χ1) is 15.8. The van der Waals surface area contributed by atoms with Gasteiger partial charge in [-0.05, 0) is 55.3 Å². The minimum absolute atomic E-state index is 0.713. The van der Waals surface area contributed by atoms with Crippen molar-refractivity contribution in [2.45, 2.75) is 77.0 Å². The van der Waals surface area contributed by atoms with Gasteiger partial charge < -0.3 is 14.2 Å². The molecular weight excluding hydrogens is 443 g/mol. The summed E-state index contributed by atoms with van der Waals surface area (Å²) in [7, 11) is 1.70. The SMILES string of the molecule is COc1c(OCCCCCCCCCl)ccc2cc(OCCCCCCCCCl)ccc12. The van der Waals surface area contributed by atoms with Crippen LogP contribution in [0, 0.1) is 0 Å². The van der Waals surface area contributed by atoms with E-state index in [1.54, 1.807) is 7.11 Å². The van der Waals surface area contributed by atoms with Gasteiger partial charge in [0.25, 0.3) is 0 Å². The summed E-state index contributed by atoms with van der Waals surface area (Å²) < 4.78 is 17.7. The summed E-state index contributed by atoms with van der Waals surface area (Å²) in [6.07, 6.45) is 14.3. The van der Waals surface area contributed by atoms with Gasteiger partial charge in [0.05, 0.1) is 20.3 Å². The zero-order chi connectivity index (χ0) is 22.9. The number of methoxy groups -OCH3 is 1. The molecule has 2 aromatic rings. The zero-order valence-electron chi connectivity index (χ0n) is 19.7. The third-order valence-corrected chi connectivity index (χ3v) is 6.23. The molecule has 0 amide bonds. The van der Waals surface area contributed by atoms with Gasteiger partial charge in [-0.15, -0.1) is 23.2 Å². The van der Waals surface area contributed by atoms with Crippen molar-refractivity contribution in [3.63, 3.8) is 0 Å². The molecule has 0 aliphatic carbocycles. The van der Waals surface area contributed by atoms with E-state index < -0.39 is 0 Å².